The summed E-state index contributed by atoms with van der Waals surface area (Å²) in [5.41, 5.74) is 12.5. The van der Waals surface area contributed by atoms with E-state index in [0.29, 0.717) is 0 Å². The highest BCUT2D eigenvalue weighted by Crippen LogP contribution is 2.50. The van der Waals surface area contributed by atoms with Gasteiger partial charge in [0.1, 0.15) is 0 Å². The summed E-state index contributed by atoms with van der Waals surface area (Å²) < 4.78 is 0. The number of hydrogen-bond donors (Lipinski definition) is 0. The van der Waals surface area contributed by atoms with E-state index in [9.17, 15) is 0 Å². The molecule has 1 aliphatic rings. The van der Waals surface area contributed by atoms with Gasteiger partial charge in [0.05, 0.1) is 0 Å². The Kier molecular flexibility index (Phi) is 18.7. The van der Waals surface area contributed by atoms with Crippen LogP contribution in [0.15, 0.2) is 72.8 Å². The van der Waals surface area contributed by atoms with Crippen molar-refractivity contribution in [1.82, 2.24) is 0 Å². The second-order valence-corrected chi connectivity index (χ2v) is 21.9. The maximum atomic E-state index is 2.66. The Morgan fingerprint density at radius 1 is 0.304 bits per heavy atom. The molecule has 0 nitrogen and oxygen atoms in total. The zero-order chi connectivity index (χ0) is 39.9. The third-order valence-corrected chi connectivity index (χ3v) is 17.3. The third kappa shape index (κ3) is 12.6. The first-order valence-corrected chi connectivity index (χ1v) is 26.5. The van der Waals surface area contributed by atoms with Gasteiger partial charge in [-0.1, -0.05) is 180 Å². The number of rotatable bonds is 24. The molecule has 0 spiro atoms. The SMILES string of the molecule is CCCc1cc(CCC)cc(P(C[C@@H]2CC[C@H]2CP(c2cc(CCC)cc(CCC)c2)c2cc(CCC)cc(CCC)c2)c2cc(CCC)cc(CCC)c2)c1. The summed E-state index contributed by atoms with van der Waals surface area (Å²) in [6, 6.07) is 31.4. The normalized spacial score (nSPS) is 15.5. The van der Waals surface area contributed by atoms with Crippen molar-refractivity contribution in [1.29, 1.82) is 0 Å². The standard InChI is InChI=1S/C54H78P2/c1-9-17-41-27-42(18-10-2)32-51(31-41)55(52-33-43(19-11-3)28-44(34-52)20-12-4)39-49-25-26-50(49)40-56(53-35-45(21-13-5)29-46(36-53)22-14-6)54-37-47(23-15-7)30-48(38-54)24-16-8/h27-38,49-50H,9-26,39-40H2,1-8H3/t49-,50-/m0/s1. The summed E-state index contributed by atoms with van der Waals surface area (Å²) in [6.45, 7) is 18.8. The summed E-state index contributed by atoms with van der Waals surface area (Å²) in [5.74, 6) is 1.59. The number of hydrogen-bond acceptors (Lipinski definition) is 0. The molecule has 0 amide bonds. The summed E-state index contributed by atoms with van der Waals surface area (Å²) in [6.07, 6.45) is 24.7. The van der Waals surface area contributed by atoms with Gasteiger partial charge in [0.15, 0.2) is 0 Å². The van der Waals surface area contributed by atoms with Gasteiger partial charge in [-0.3, -0.25) is 0 Å². The fourth-order valence-electron chi connectivity index (χ4n) is 9.37. The number of benzene rings is 4. The van der Waals surface area contributed by atoms with Crippen LogP contribution < -0.4 is 21.2 Å². The van der Waals surface area contributed by atoms with Crippen LogP contribution in [0.5, 0.6) is 0 Å². The van der Waals surface area contributed by atoms with Gasteiger partial charge in [-0.2, -0.15) is 0 Å². The van der Waals surface area contributed by atoms with Gasteiger partial charge in [-0.15, -0.1) is 0 Å². The van der Waals surface area contributed by atoms with Crippen molar-refractivity contribution in [2.45, 2.75) is 171 Å². The van der Waals surface area contributed by atoms with Crippen molar-refractivity contribution in [3.8, 4) is 0 Å². The largest absolute Gasteiger partial charge is 0.0651 e. The van der Waals surface area contributed by atoms with Crippen LogP contribution in [0.2, 0.25) is 0 Å². The molecule has 1 saturated carbocycles. The Morgan fingerprint density at radius 2 is 0.482 bits per heavy atom. The molecule has 0 radical (unpaired) electrons. The van der Waals surface area contributed by atoms with Gasteiger partial charge in [0, 0.05) is 0 Å². The van der Waals surface area contributed by atoms with Crippen LogP contribution in [0.3, 0.4) is 0 Å². The molecule has 2 atom stereocenters. The molecule has 1 fully saturated rings. The zero-order valence-corrected chi connectivity index (χ0v) is 38.9. The molecule has 304 valence electrons. The van der Waals surface area contributed by atoms with E-state index >= 15 is 0 Å². The molecule has 2 heteroatoms. The highest BCUT2D eigenvalue weighted by Gasteiger charge is 2.36. The minimum Gasteiger partial charge on any atom is -0.0651 e. The van der Waals surface area contributed by atoms with Gasteiger partial charge in [-0.05, 0) is 170 Å². The zero-order valence-electron chi connectivity index (χ0n) is 37.1. The van der Waals surface area contributed by atoms with E-state index in [1.54, 1.807) is 65.7 Å². The van der Waals surface area contributed by atoms with Crippen LogP contribution in [-0.2, 0) is 51.4 Å². The summed E-state index contributed by atoms with van der Waals surface area (Å²) in [4.78, 5) is 0. The first-order chi connectivity index (χ1) is 27.3. The highest BCUT2D eigenvalue weighted by atomic mass is 31.1. The van der Waals surface area contributed by atoms with E-state index in [-0.39, 0.29) is 0 Å². The summed E-state index contributed by atoms with van der Waals surface area (Å²) in [5, 5.41) is 6.63. The Labute approximate surface area is 348 Å². The van der Waals surface area contributed by atoms with Crippen molar-refractivity contribution in [3.05, 3.63) is 117 Å². The lowest BCUT2D eigenvalue weighted by molar-refractivity contribution is 0.228. The molecule has 56 heavy (non-hydrogen) atoms. The maximum Gasteiger partial charge on any atom is -0.0190 e. The predicted octanol–water partition coefficient (Wildman–Crippen LogP) is 13.9. The predicted molar refractivity (Wildman–Crippen MR) is 256 cm³/mol. The molecule has 0 saturated heterocycles. The first kappa shape index (κ1) is 44.8. The van der Waals surface area contributed by atoms with Gasteiger partial charge >= 0.3 is 0 Å². The van der Waals surface area contributed by atoms with Gasteiger partial charge in [0.25, 0.3) is 0 Å². The van der Waals surface area contributed by atoms with Gasteiger partial charge in [0.2, 0.25) is 0 Å². The molecule has 0 aliphatic heterocycles. The van der Waals surface area contributed by atoms with E-state index < -0.39 is 15.8 Å². The van der Waals surface area contributed by atoms with Gasteiger partial charge in [-0.25, -0.2) is 0 Å². The molecule has 0 heterocycles. The summed E-state index contributed by atoms with van der Waals surface area (Å²) >= 11 is 0. The molecule has 5 rings (SSSR count). The Morgan fingerprint density at radius 3 is 0.625 bits per heavy atom. The van der Waals surface area contributed by atoms with Crippen molar-refractivity contribution in [2.75, 3.05) is 12.3 Å². The van der Waals surface area contributed by atoms with Crippen LogP contribution in [-0.4, -0.2) is 12.3 Å². The quantitative estimate of drug-likeness (QED) is 0.0621. The fraction of sp³-hybridized carbons (Fsp3) is 0.556. The smallest absolute Gasteiger partial charge is 0.0190 e. The monoisotopic (exact) mass is 789 g/mol. The molecule has 0 aromatic heterocycles. The second kappa shape index (κ2) is 23.4. The Balaban J connectivity index is 1.58. The molecule has 0 bridgehead atoms. The second-order valence-electron chi connectivity index (χ2n) is 17.3. The van der Waals surface area contributed by atoms with E-state index in [2.05, 4.69) is 128 Å². The lowest BCUT2D eigenvalue weighted by Gasteiger charge is -2.41. The average Bonchev–Trinajstić information content (AvgIpc) is 3.16. The third-order valence-electron chi connectivity index (χ3n) is 12.1. The van der Waals surface area contributed by atoms with Crippen molar-refractivity contribution in [3.63, 3.8) is 0 Å². The van der Waals surface area contributed by atoms with Crippen LogP contribution in [0, 0.1) is 11.8 Å². The topological polar surface area (TPSA) is 0 Å². The molecule has 4 aromatic rings. The minimum absolute atomic E-state index is 0.446. The van der Waals surface area contributed by atoms with E-state index in [4.69, 9.17) is 0 Å². The molecule has 1 aliphatic carbocycles. The van der Waals surface area contributed by atoms with Crippen LogP contribution in [0.1, 0.15) is 164 Å². The number of aryl methyl sites for hydroxylation is 8. The van der Waals surface area contributed by atoms with Crippen molar-refractivity contribution in [2.24, 2.45) is 11.8 Å². The minimum atomic E-state index is -0.446. The van der Waals surface area contributed by atoms with Crippen molar-refractivity contribution < 1.29 is 0 Å². The lowest BCUT2D eigenvalue weighted by atomic mass is 9.76. The highest BCUT2D eigenvalue weighted by molar-refractivity contribution is 7.73. The van der Waals surface area contributed by atoms with Crippen LogP contribution in [0.4, 0.5) is 0 Å². The van der Waals surface area contributed by atoms with E-state index in [0.717, 1.165) is 11.8 Å². The fourth-order valence-corrected chi connectivity index (χ4v) is 15.3. The molecule has 0 unspecified atom stereocenters. The first-order valence-electron chi connectivity index (χ1n) is 23.4. The molecular formula is C54H78P2. The molecule has 4 aromatic carbocycles. The summed E-state index contributed by atoms with van der Waals surface area (Å²) in [7, 11) is -0.892. The van der Waals surface area contributed by atoms with E-state index in [1.165, 1.54) is 128 Å². The maximum absolute atomic E-state index is 2.66. The Bertz CT molecular complexity index is 1440. The van der Waals surface area contributed by atoms with Crippen LogP contribution >= 0.6 is 15.8 Å². The molecular weight excluding hydrogens is 711 g/mol. The lowest BCUT2D eigenvalue weighted by Crippen LogP contribution is -2.35. The molecule has 0 N–H and O–H groups in total. The Hall–Kier alpha value is -2.26. The van der Waals surface area contributed by atoms with Gasteiger partial charge < -0.3 is 0 Å². The van der Waals surface area contributed by atoms with E-state index in [1.807, 2.05) is 0 Å². The average molecular weight is 789 g/mol. The van der Waals surface area contributed by atoms with Crippen molar-refractivity contribution >= 4 is 37.1 Å². The van der Waals surface area contributed by atoms with Crippen LogP contribution in [0.25, 0.3) is 0 Å².